The second-order valence-corrected chi connectivity index (χ2v) is 4.60. The summed E-state index contributed by atoms with van der Waals surface area (Å²) in [6.07, 6.45) is 1.45. The Balaban J connectivity index is 1.93. The van der Waals surface area contributed by atoms with E-state index in [0.29, 0.717) is 6.54 Å². The lowest BCUT2D eigenvalue weighted by Gasteiger charge is -2.14. The van der Waals surface area contributed by atoms with Gasteiger partial charge in [0.25, 0.3) is 0 Å². The summed E-state index contributed by atoms with van der Waals surface area (Å²) in [4.78, 5) is 4.12. The van der Waals surface area contributed by atoms with Gasteiger partial charge < -0.3 is 10.4 Å². The summed E-state index contributed by atoms with van der Waals surface area (Å²) in [5.74, 6) is 0.185. The highest BCUT2D eigenvalue weighted by molar-refractivity contribution is 6.30. The largest absolute Gasteiger partial charge is 0.506 e. The number of halogens is 1. The summed E-state index contributed by atoms with van der Waals surface area (Å²) in [5, 5.41) is 13.3. The minimum Gasteiger partial charge on any atom is -0.506 e. The maximum absolute atomic E-state index is 9.14. The molecule has 18 heavy (non-hydrogen) atoms. The van der Waals surface area contributed by atoms with Crippen molar-refractivity contribution in [3.63, 3.8) is 0 Å². The standard InChI is InChI=1S/C14H15ClN2O/c1-10(11-2-4-12(15)5-3-11)16-8-13-6-7-14(18)9-17-13/h2-7,9-10,16,18H,8H2,1H3. The van der Waals surface area contributed by atoms with Crippen LogP contribution in [0.3, 0.4) is 0 Å². The van der Waals surface area contributed by atoms with E-state index >= 15 is 0 Å². The van der Waals surface area contributed by atoms with E-state index in [9.17, 15) is 0 Å². The van der Waals surface area contributed by atoms with Crippen molar-refractivity contribution in [2.75, 3.05) is 0 Å². The summed E-state index contributed by atoms with van der Waals surface area (Å²) in [6, 6.07) is 11.4. The van der Waals surface area contributed by atoms with Gasteiger partial charge in [-0.2, -0.15) is 0 Å². The average Bonchev–Trinajstić information content (AvgIpc) is 2.38. The van der Waals surface area contributed by atoms with Gasteiger partial charge in [-0.15, -0.1) is 0 Å². The first kappa shape index (κ1) is 12.9. The zero-order chi connectivity index (χ0) is 13.0. The summed E-state index contributed by atoms with van der Waals surface area (Å²) < 4.78 is 0. The number of pyridine rings is 1. The summed E-state index contributed by atoms with van der Waals surface area (Å²) >= 11 is 5.85. The lowest BCUT2D eigenvalue weighted by Crippen LogP contribution is -2.18. The van der Waals surface area contributed by atoms with E-state index in [0.717, 1.165) is 10.7 Å². The number of aromatic hydroxyl groups is 1. The molecule has 1 unspecified atom stereocenters. The third-order valence-electron chi connectivity index (χ3n) is 2.77. The molecule has 0 radical (unpaired) electrons. The maximum atomic E-state index is 9.14. The van der Waals surface area contributed by atoms with E-state index in [1.54, 1.807) is 12.1 Å². The minimum atomic E-state index is 0.185. The maximum Gasteiger partial charge on any atom is 0.133 e. The Bertz CT molecular complexity index is 496. The Hall–Kier alpha value is -1.58. The molecule has 4 heteroatoms. The van der Waals surface area contributed by atoms with E-state index in [2.05, 4.69) is 17.2 Å². The van der Waals surface area contributed by atoms with Crippen molar-refractivity contribution in [3.8, 4) is 5.75 Å². The molecule has 1 aromatic heterocycles. The molecular weight excluding hydrogens is 248 g/mol. The molecule has 2 rings (SSSR count). The molecule has 0 aliphatic heterocycles. The molecule has 0 saturated heterocycles. The van der Waals surface area contributed by atoms with E-state index in [4.69, 9.17) is 16.7 Å². The van der Waals surface area contributed by atoms with Crippen LogP contribution in [0.15, 0.2) is 42.6 Å². The SMILES string of the molecule is CC(NCc1ccc(O)cn1)c1ccc(Cl)cc1. The molecule has 0 aliphatic rings. The highest BCUT2D eigenvalue weighted by Crippen LogP contribution is 2.16. The molecule has 94 valence electrons. The van der Waals surface area contributed by atoms with Crippen molar-refractivity contribution >= 4 is 11.6 Å². The monoisotopic (exact) mass is 262 g/mol. The minimum absolute atomic E-state index is 0.185. The first-order valence-electron chi connectivity index (χ1n) is 5.78. The Kier molecular flexibility index (Phi) is 4.18. The van der Waals surface area contributed by atoms with Gasteiger partial charge in [0.05, 0.1) is 11.9 Å². The normalized spacial score (nSPS) is 12.3. The molecular formula is C14H15ClN2O. The van der Waals surface area contributed by atoms with Crippen molar-refractivity contribution in [3.05, 3.63) is 58.9 Å². The van der Waals surface area contributed by atoms with Gasteiger partial charge in [0, 0.05) is 17.6 Å². The second-order valence-electron chi connectivity index (χ2n) is 4.16. The fraction of sp³-hybridized carbons (Fsp3) is 0.214. The number of benzene rings is 1. The number of rotatable bonds is 4. The summed E-state index contributed by atoms with van der Waals surface area (Å²) in [5.41, 5.74) is 2.08. The number of hydrogen-bond donors (Lipinski definition) is 2. The molecule has 0 bridgehead atoms. The van der Waals surface area contributed by atoms with Crippen molar-refractivity contribution in [2.45, 2.75) is 19.5 Å². The Morgan fingerprint density at radius 2 is 1.94 bits per heavy atom. The Morgan fingerprint density at radius 3 is 2.56 bits per heavy atom. The van der Waals surface area contributed by atoms with Gasteiger partial charge in [0.15, 0.2) is 0 Å². The highest BCUT2D eigenvalue weighted by atomic mass is 35.5. The Morgan fingerprint density at radius 1 is 1.22 bits per heavy atom. The molecule has 0 amide bonds. The van der Waals surface area contributed by atoms with E-state index in [1.807, 2.05) is 24.3 Å². The van der Waals surface area contributed by atoms with Crippen LogP contribution >= 0.6 is 11.6 Å². The van der Waals surface area contributed by atoms with E-state index in [1.165, 1.54) is 11.8 Å². The number of nitrogens with zero attached hydrogens (tertiary/aromatic N) is 1. The van der Waals surface area contributed by atoms with Gasteiger partial charge in [-0.25, -0.2) is 0 Å². The van der Waals surface area contributed by atoms with Crippen molar-refractivity contribution in [1.29, 1.82) is 0 Å². The molecule has 1 aromatic carbocycles. The molecule has 0 saturated carbocycles. The lowest BCUT2D eigenvalue weighted by atomic mass is 10.1. The van der Waals surface area contributed by atoms with Crippen LogP contribution in [0.5, 0.6) is 5.75 Å². The van der Waals surface area contributed by atoms with Crippen LogP contribution in [0.25, 0.3) is 0 Å². The predicted octanol–water partition coefficient (Wildman–Crippen LogP) is 3.29. The summed E-state index contributed by atoms with van der Waals surface area (Å²) in [6.45, 7) is 2.74. The second kappa shape index (κ2) is 5.85. The van der Waals surface area contributed by atoms with Crippen LogP contribution in [0.2, 0.25) is 5.02 Å². The van der Waals surface area contributed by atoms with Gasteiger partial charge in [-0.05, 0) is 36.8 Å². The quantitative estimate of drug-likeness (QED) is 0.889. The molecule has 3 nitrogen and oxygen atoms in total. The highest BCUT2D eigenvalue weighted by Gasteiger charge is 2.05. The van der Waals surface area contributed by atoms with Crippen molar-refractivity contribution < 1.29 is 5.11 Å². The molecule has 2 N–H and O–H groups in total. The van der Waals surface area contributed by atoms with Crippen LogP contribution in [-0.2, 0) is 6.54 Å². The Labute approximate surface area is 111 Å². The first-order chi connectivity index (χ1) is 8.65. The van der Waals surface area contributed by atoms with Crippen LogP contribution in [0.1, 0.15) is 24.2 Å². The fourth-order valence-electron chi connectivity index (χ4n) is 1.65. The van der Waals surface area contributed by atoms with Crippen molar-refractivity contribution in [1.82, 2.24) is 10.3 Å². The molecule has 1 atom stereocenters. The van der Waals surface area contributed by atoms with Crippen LogP contribution in [0.4, 0.5) is 0 Å². The molecule has 0 spiro atoms. The molecule has 1 heterocycles. The number of nitrogens with one attached hydrogen (secondary N) is 1. The van der Waals surface area contributed by atoms with Crippen molar-refractivity contribution in [2.24, 2.45) is 0 Å². The van der Waals surface area contributed by atoms with Crippen LogP contribution in [-0.4, -0.2) is 10.1 Å². The topological polar surface area (TPSA) is 45.1 Å². The van der Waals surface area contributed by atoms with Gasteiger partial charge in [0.1, 0.15) is 5.75 Å². The lowest BCUT2D eigenvalue weighted by molar-refractivity contribution is 0.471. The third-order valence-corrected chi connectivity index (χ3v) is 3.02. The first-order valence-corrected chi connectivity index (χ1v) is 6.15. The third kappa shape index (κ3) is 3.45. The van der Waals surface area contributed by atoms with Crippen LogP contribution < -0.4 is 5.32 Å². The molecule has 0 aliphatic carbocycles. The van der Waals surface area contributed by atoms with Gasteiger partial charge in [-0.1, -0.05) is 23.7 Å². The zero-order valence-corrected chi connectivity index (χ0v) is 10.9. The average molecular weight is 263 g/mol. The number of hydrogen-bond acceptors (Lipinski definition) is 3. The van der Waals surface area contributed by atoms with Gasteiger partial charge in [-0.3, -0.25) is 4.98 Å². The van der Waals surface area contributed by atoms with Crippen LogP contribution in [0, 0.1) is 0 Å². The molecule has 0 fully saturated rings. The fourth-order valence-corrected chi connectivity index (χ4v) is 1.77. The smallest absolute Gasteiger partial charge is 0.133 e. The van der Waals surface area contributed by atoms with E-state index in [-0.39, 0.29) is 11.8 Å². The van der Waals surface area contributed by atoms with E-state index < -0.39 is 0 Å². The van der Waals surface area contributed by atoms with Gasteiger partial charge >= 0.3 is 0 Å². The summed E-state index contributed by atoms with van der Waals surface area (Å²) in [7, 11) is 0. The van der Waals surface area contributed by atoms with Gasteiger partial charge in [0.2, 0.25) is 0 Å². The molecule has 2 aromatic rings. The number of aromatic nitrogens is 1. The zero-order valence-electron chi connectivity index (χ0n) is 10.1. The predicted molar refractivity (Wildman–Crippen MR) is 72.6 cm³/mol.